The fourth-order valence-electron chi connectivity index (χ4n) is 0.883. The van der Waals surface area contributed by atoms with Crippen molar-refractivity contribution in [3.05, 3.63) is 0 Å². The molecule has 0 aromatic carbocycles. The molecule has 0 aromatic heterocycles. The van der Waals surface area contributed by atoms with Crippen LogP contribution in [0, 0.1) is 0 Å². The molecule has 0 aliphatic rings. The first-order valence-electron chi connectivity index (χ1n) is 4.73. The van der Waals surface area contributed by atoms with Gasteiger partial charge in [-0.25, -0.2) is 8.78 Å². The summed E-state index contributed by atoms with van der Waals surface area (Å²) >= 11 is 1.87. The van der Waals surface area contributed by atoms with E-state index in [2.05, 4.69) is 4.52 Å². The summed E-state index contributed by atoms with van der Waals surface area (Å²) in [5, 5.41) is 0. The van der Waals surface area contributed by atoms with E-state index in [0.29, 0.717) is 0 Å². The Kier molecular flexibility index (Phi) is 7.21. The molecule has 1 atom stereocenters. The van der Waals surface area contributed by atoms with Crippen molar-refractivity contribution >= 4 is 34.5 Å². The smallest absolute Gasteiger partial charge is 0.306 e. The van der Waals surface area contributed by atoms with Gasteiger partial charge in [-0.15, -0.1) is 0 Å². The lowest BCUT2D eigenvalue weighted by Gasteiger charge is -2.20. The molecule has 0 N–H and O–H groups in total. The van der Waals surface area contributed by atoms with Crippen LogP contribution in [0.2, 0.25) is 0 Å². The van der Waals surface area contributed by atoms with Crippen molar-refractivity contribution in [1.29, 1.82) is 0 Å². The molecule has 1 unspecified atom stereocenters. The van der Waals surface area contributed by atoms with Gasteiger partial charge in [-0.05, 0) is 42.8 Å². The number of hydrogen-bond acceptors (Lipinski definition) is 3. The maximum Gasteiger partial charge on any atom is 0.306 e. The summed E-state index contributed by atoms with van der Waals surface area (Å²) in [5.74, 6) is -3.57. The van der Waals surface area contributed by atoms with E-state index < -0.39 is 30.5 Å². The Labute approximate surface area is 109 Å². The largest absolute Gasteiger partial charge is 0.460 e. The molecule has 0 spiro atoms. The monoisotopic (exact) mass is 368 g/mol. The first-order chi connectivity index (χ1) is 7.16. The van der Waals surface area contributed by atoms with Gasteiger partial charge < -0.3 is 9.26 Å². The highest BCUT2D eigenvalue weighted by molar-refractivity contribution is 14.2. The van der Waals surface area contributed by atoms with Crippen molar-refractivity contribution in [2.24, 2.45) is 0 Å². The van der Waals surface area contributed by atoms with E-state index in [1.807, 2.05) is 22.0 Å². The van der Waals surface area contributed by atoms with Crippen LogP contribution in [-0.4, -0.2) is 24.1 Å². The third kappa shape index (κ3) is 9.66. The first-order valence-corrected chi connectivity index (χ1v) is 8.76. The summed E-state index contributed by atoms with van der Waals surface area (Å²) in [4.78, 5) is 11.2. The van der Waals surface area contributed by atoms with Crippen LogP contribution < -0.4 is 0 Å². The summed E-state index contributed by atoms with van der Waals surface area (Å²) in [6.07, 6.45) is -0.832. The molecule has 96 valence electrons. The molecule has 0 radical (unpaired) electrons. The van der Waals surface area contributed by atoms with E-state index in [4.69, 9.17) is 4.74 Å². The molecule has 0 amide bonds. The lowest BCUT2D eigenvalue weighted by Crippen LogP contribution is -2.27. The molecule has 7 heteroatoms. The molecule has 16 heavy (non-hydrogen) atoms. The van der Waals surface area contributed by atoms with E-state index >= 15 is 0 Å². The van der Waals surface area contributed by atoms with Crippen LogP contribution >= 0.6 is 28.5 Å². The van der Waals surface area contributed by atoms with Crippen LogP contribution in [0.4, 0.5) is 8.78 Å². The highest BCUT2D eigenvalue weighted by Gasteiger charge is 2.31. The Bertz CT molecular complexity index is 231. The van der Waals surface area contributed by atoms with Gasteiger partial charge in [0.15, 0.2) is 0 Å². The molecule has 0 bridgehead atoms. The summed E-state index contributed by atoms with van der Waals surface area (Å²) in [6, 6.07) is 0. The van der Waals surface area contributed by atoms with Crippen molar-refractivity contribution < 1.29 is 22.8 Å². The molecule has 0 aromatic rings. The highest BCUT2D eigenvalue weighted by Crippen LogP contribution is 2.28. The van der Waals surface area contributed by atoms with Gasteiger partial charge in [-0.1, -0.05) is 0 Å². The van der Waals surface area contributed by atoms with Crippen LogP contribution in [0.5, 0.6) is 0 Å². The van der Waals surface area contributed by atoms with Crippen LogP contribution in [0.1, 0.15) is 33.6 Å². The number of ether oxygens (including phenoxy) is 1. The molecule has 0 rings (SSSR count). The highest BCUT2D eigenvalue weighted by atomic mass is 127. The number of carbonyl (C=O) groups is 1. The normalized spacial score (nSPS) is 13.4. The second-order valence-corrected chi connectivity index (χ2v) is 6.07. The summed E-state index contributed by atoms with van der Waals surface area (Å²) < 4.78 is 35.7. The third-order valence-corrected chi connectivity index (χ3v) is 2.64. The number of hydrogen-bond donors (Lipinski definition) is 0. The lowest BCUT2D eigenvalue weighted by molar-refractivity contribution is -0.157. The number of esters is 1. The van der Waals surface area contributed by atoms with Crippen LogP contribution in [0.3, 0.4) is 0 Å². The van der Waals surface area contributed by atoms with Gasteiger partial charge in [-0.3, -0.25) is 4.79 Å². The second kappa shape index (κ2) is 7.01. The van der Waals surface area contributed by atoms with Gasteiger partial charge in [0.25, 0.3) is 5.92 Å². The van der Waals surface area contributed by atoms with Gasteiger partial charge in [-0.2, -0.15) is 0 Å². The van der Waals surface area contributed by atoms with Gasteiger partial charge in [0.2, 0.25) is 0 Å². The molecular formula is C9H16F2IO3P. The Hall–Kier alpha value is 0.450. The molecule has 0 aliphatic heterocycles. The SMILES string of the molecule is CC(C)(C)OC(=O)CCC(F)(F)COPI. The van der Waals surface area contributed by atoms with E-state index in [1.54, 1.807) is 20.8 Å². The van der Waals surface area contributed by atoms with E-state index in [0.717, 1.165) is 0 Å². The molecule has 0 saturated heterocycles. The minimum Gasteiger partial charge on any atom is -0.460 e. The number of halogens is 3. The van der Waals surface area contributed by atoms with Crippen LogP contribution in [0.15, 0.2) is 0 Å². The fraction of sp³-hybridized carbons (Fsp3) is 0.889. The standard InChI is InChI=1S/C9H16F2IO3P/c1-8(2,3)15-7(13)4-5-9(10,11)6-14-16-12/h16H,4-6H2,1-3H3. The molecular weight excluding hydrogens is 352 g/mol. The molecule has 0 heterocycles. The Morgan fingerprint density at radius 2 is 1.94 bits per heavy atom. The van der Waals surface area contributed by atoms with Gasteiger partial charge >= 0.3 is 5.97 Å². The minimum atomic E-state index is -2.96. The lowest BCUT2D eigenvalue weighted by atomic mass is 10.1. The number of rotatable bonds is 6. The fourth-order valence-corrected chi connectivity index (χ4v) is 1.62. The maximum atomic E-state index is 13.1. The zero-order valence-corrected chi connectivity index (χ0v) is 12.6. The van der Waals surface area contributed by atoms with Crippen molar-refractivity contribution in [2.45, 2.75) is 45.1 Å². The van der Waals surface area contributed by atoms with Crippen LogP contribution in [-0.2, 0) is 14.1 Å². The summed E-state index contributed by atoms with van der Waals surface area (Å²) in [6.45, 7) is 4.45. The van der Waals surface area contributed by atoms with E-state index in [-0.39, 0.29) is 12.9 Å². The molecule has 0 saturated carbocycles. The van der Waals surface area contributed by atoms with E-state index in [9.17, 15) is 13.6 Å². The van der Waals surface area contributed by atoms with E-state index in [1.165, 1.54) is 0 Å². The maximum absolute atomic E-state index is 13.1. The quantitative estimate of drug-likeness (QED) is 0.408. The molecule has 3 nitrogen and oxygen atoms in total. The van der Waals surface area contributed by atoms with Crippen molar-refractivity contribution in [2.75, 3.05) is 6.61 Å². The van der Waals surface area contributed by atoms with Gasteiger partial charge in [0, 0.05) is 6.42 Å². The zero-order chi connectivity index (χ0) is 12.8. The van der Waals surface area contributed by atoms with Crippen molar-refractivity contribution in [1.82, 2.24) is 0 Å². The predicted octanol–water partition coefficient (Wildman–Crippen LogP) is 3.70. The summed E-state index contributed by atoms with van der Waals surface area (Å²) in [5.41, 5.74) is -0.632. The van der Waals surface area contributed by atoms with Crippen molar-refractivity contribution in [3.63, 3.8) is 0 Å². The second-order valence-electron chi connectivity index (χ2n) is 4.31. The number of carbonyl (C=O) groups excluding carboxylic acids is 1. The van der Waals surface area contributed by atoms with Gasteiger partial charge in [0.05, 0.1) is 12.9 Å². The zero-order valence-electron chi connectivity index (χ0n) is 9.48. The Morgan fingerprint density at radius 1 is 1.38 bits per heavy atom. The third-order valence-electron chi connectivity index (χ3n) is 1.45. The Balaban J connectivity index is 3.90. The average molecular weight is 368 g/mol. The first kappa shape index (κ1) is 16.4. The number of alkyl halides is 2. The predicted molar refractivity (Wildman–Crippen MR) is 68.3 cm³/mol. The van der Waals surface area contributed by atoms with Crippen molar-refractivity contribution in [3.8, 4) is 0 Å². The molecule has 0 aliphatic carbocycles. The Morgan fingerprint density at radius 3 is 2.38 bits per heavy atom. The minimum absolute atomic E-state index is 0.00470. The van der Waals surface area contributed by atoms with Gasteiger partial charge in [0.1, 0.15) is 12.2 Å². The summed E-state index contributed by atoms with van der Waals surface area (Å²) in [7, 11) is 0. The average Bonchev–Trinajstić information content (AvgIpc) is 2.09. The van der Waals surface area contributed by atoms with Crippen LogP contribution in [0.25, 0.3) is 0 Å². The topological polar surface area (TPSA) is 35.5 Å². The molecule has 0 fully saturated rings.